The van der Waals surface area contributed by atoms with E-state index in [-0.39, 0.29) is 30.0 Å². The van der Waals surface area contributed by atoms with Gasteiger partial charge >= 0.3 is 6.09 Å². The number of aromatic amines is 1. The van der Waals surface area contributed by atoms with Gasteiger partial charge in [-0.2, -0.15) is 0 Å². The molecule has 144 valence electrons. The van der Waals surface area contributed by atoms with Crippen molar-refractivity contribution in [1.29, 1.82) is 0 Å². The fourth-order valence-electron chi connectivity index (χ4n) is 3.21. The summed E-state index contributed by atoms with van der Waals surface area (Å²) in [6.07, 6.45) is 1.73. The van der Waals surface area contributed by atoms with E-state index in [0.717, 1.165) is 0 Å². The summed E-state index contributed by atoms with van der Waals surface area (Å²) in [5.41, 5.74) is 0.436. The third-order valence-electron chi connectivity index (χ3n) is 4.64. The Balaban J connectivity index is 1.48. The number of nitrogens with zero attached hydrogens (tertiary/aromatic N) is 2. The van der Waals surface area contributed by atoms with Crippen LogP contribution >= 0.6 is 0 Å². The number of aromatic nitrogens is 2. The molecule has 0 atom stereocenters. The third-order valence-corrected chi connectivity index (χ3v) is 4.64. The summed E-state index contributed by atoms with van der Waals surface area (Å²) < 4.78 is 4.99. The second kappa shape index (κ2) is 8.66. The third kappa shape index (κ3) is 4.84. The Hall–Kier alpha value is -2.90. The number of nitrogens with one attached hydrogen (secondary N) is 2. The zero-order valence-corrected chi connectivity index (χ0v) is 15.4. The highest BCUT2D eigenvalue weighted by Gasteiger charge is 2.24. The second-order valence-electron chi connectivity index (χ2n) is 6.56. The number of H-pyrrole nitrogens is 1. The first-order valence-corrected chi connectivity index (χ1v) is 9.26. The SMILES string of the molecule is CCOC(=O)N1CCC(NC(=O)CCc2nc3ccccc3c(=O)[nH]2)CC1. The lowest BCUT2D eigenvalue weighted by Crippen LogP contribution is -2.46. The summed E-state index contributed by atoms with van der Waals surface area (Å²) in [7, 11) is 0. The van der Waals surface area contributed by atoms with Gasteiger partial charge < -0.3 is 19.9 Å². The zero-order chi connectivity index (χ0) is 19.2. The van der Waals surface area contributed by atoms with Crippen LogP contribution in [0.5, 0.6) is 0 Å². The number of ether oxygens (including phenoxy) is 1. The van der Waals surface area contributed by atoms with Crippen LogP contribution in [0.4, 0.5) is 4.79 Å². The van der Waals surface area contributed by atoms with E-state index in [4.69, 9.17) is 4.74 Å². The number of carbonyl (C=O) groups is 2. The van der Waals surface area contributed by atoms with Crippen LogP contribution in [0.15, 0.2) is 29.1 Å². The lowest BCUT2D eigenvalue weighted by molar-refractivity contribution is -0.122. The van der Waals surface area contributed by atoms with Crippen molar-refractivity contribution in [2.75, 3.05) is 19.7 Å². The summed E-state index contributed by atoms with van der Waals surface area (Å²) in [5, 5.41) is 3.54. The number of hydrogen-bond donors (Lipinski definition) is 2. The molecule has 1 saturated heterocycles. The summed E-state index contributed by atoms with van der Waals surface area (Å²) in [4.78, 5) is 44.8. The van der Waals surface area contributed by atoms with Crippen molar-refractivity contribution in [2.24, 2.45) is 0 Å². The Morgan fingerprint density at radius 2 is 2.04 bits per heavy atom. The Morgan fingerprint density at radius 1 is 1.30 bits per heavy atom. The van der Waals surface area contributed by atoms with Gasteiger partial charge in [-0.25, -0.2) is 9.78 Å². The lowest BCUT2D eigenvalue weighted by Gasteiger charge is -2.31. The Bertz CT molecular complexity index is 871. The summed E-state index contributed by atoms with van der Waals surface area (Å²) >= 11 is 0. The smallest absolute Gasteiger partial charge is 0.409 e. The van der Waals surface area contributed by atoms with Crippen molar-refractivity contribution in [3.05, 3.63) is 40.4 Å². The minimum absolute atomic E-state index is 0.0480. The minimum atomic E-state index is -0.298. The molecule has 8 nitrogen and oxygen atoms in total. The van der Waals surface area contributed by atoms with Crippen molar-refractivity contribution in [3.8, 4) is 0 Å². The minimum Gasteiger partial charge on any atom is -0.450 e. The molecule has 2 N–H and O–H groups in total. The average Bonchev–Trinajstić information content (AvgIpc) is 2.67. The van der Waals surface area contributed by atoms with E-state index in [1.165, 1.54) is 0 Å². The van der Waals surface area contributed by atoms with Crippen LogP contribution in [0.1, 0.15) is 32.0 Å². The molecule has 0 spiro atoms. The van der Waals surface area contributed by atoms with E-state index < -0.39 is 0 Å². The number of amides is 2. The quantitative estimate of drug-likeness (QED) is 0.829. The van der Waals surface area contributed by atoms with E-state index in [1.54, 1.807) is 30.0 Å². The van der Waals surface area contributed by atoms with Gasteiger partial charge in [-0.3, -0.25) is 9.59 Å². The van der Waals surface area contributed by atoms with E-state index in [1.807, 2.05) is 6.07 Å². The second-order valence-corrected chi connectivity index (χ2v) is 6.56. The summed E-state index contributed by atoms with van der Waals surface area (Å²) in [5.74, 6) is 0.423. The topological polar surface area (TPSA) is 104 Å². The molecule has 1 aromatic carbocycles. The average molecular weight is 372 g/mol. The van der Waals surface area contributed by atoms with Crippen LogP contribution in [0.25, 0.3) is 10.9 Å². The number of hydrogen-bond acceptors (Lipinski definition) is 5. The predicted octanol–water partition coefficient (Wildman–Crippen LogP) is 1.59. The van der Waals surface area contributed by atoms with Crippen molar-refractivity contribution in [1.82, 2.24) is 20.2 Å². The van der Waals surface area contributed by atoms with Gasteiger partial charge in [-0.15, -0.1) is 0 Å². The van der Waals surface area contributed by atoms with Crippen LogP contribution in [0.3, 0.4) is 0 Å². The standard InChI is InChI=1S/C19H24N4O4/c1-2-27-19(26)23-11-9-13(10-12-23)20-17(24)8-7-16-21-15-6-4-3-5-14(15)18(25)22-16/h3-6,13H,2,7-12H2,1H3,(H,20,24)(H,21,22,25). The molecule has 27 heavy (non-hydrogen) atoms. The van der Waals surface area contributed by atoms with Crippen molar-refractivity contribution < 1.29 is 14.3 Å². The number of carbonyl (C=O) groups excluding carboxylic acids is 2. The molecular formula is C19H24N4O4. The molecule has 2 amide bonds. The first-order valence-electron chi connectivity index (χ1n) is 9.26. The lowest BCUT2D eigenvalue weighted by atomic mass is 10.1. The van der Waals surface area contributed by atoms with Crippen molar-refractivity contribution in [3.63, 3.8) is 0 Å². The van der Waals surface area contributed by atoms with Crippen molar-refractivity contribution >= 4 is 22.9 Å². The first kappa shape index (κ1) is 18.9. The molecule has 2 heterocycles. The molecule has 0 bridgehead atoms. The molecule has 2 aromatic rings. The van der Waals surface area contributed by atoms with Crippen LogP contribution < -0.4 is 10.9 Å². The van der Waals surface area contributed by atoms with Gasteiger partial charge in [0, 0.05) is 32.0 Å². The van der Waals surface area contributed by atoms with E-state index >= 15 is 0 Å². The summed E-state index contributed by atoms with van der Waals surface area (Å²) in [6.45, 7) is 3.29. The molecule has 3 rings (SSSR count). The van der Waals surface area contributed by atoms with Gasteiger partial charge in [-0.1, -0.05) is 12.1 Å². The number of rotatable bonds is 5. The highest BCUT2D eigenvalue weighted by Crippen LogP contribution is 2.12. The van der Waals surface area contributed by atoms with Gasteiger partial charge in [0.05, 0.1) is 17.5 Å². The van der Waals surface area contributed by atoms with Crippen LogP contribution in [0, 0.1) is 0 Å². The molecule has 1 fully saturated rings. The van der Waals surface area contributed by atoms with Gasteiger partial charge in [0.1, 0.15) is 5.82 Å². The molecule has 0 saturated carbocycles. The van der Waals surface area contributed by atoms with E-state index in [9.17, 15) is 14.4 Å². The van der Waals surface area contributed by atoms with Gasteiger partial charge in [0.25, 0.3) is 5.56 Å². The predicted molar refractivity (Wildman–Crippen MR) is 100 cm³/mol. The maximum absolute atomic E-state index is 12.2. The largest absolute Gasteiger partial charge is 0.450 e. The Labute approximate surface area is 156 Å². The van der Waals surface area contributed by atoms with Crippen LogP contribution in [-0.4, -0.2) is 52.6 Å². The Kier molecular flexibility index (Phi) is 6.05. The number of piperidine rings is 1. The molecule has 1 aliphatic rings. The maximum Gasteiger partial charge on any atom is 0.409 e. The fraction of sp³-hybridized carbons (Fsp3) is 0.474. The summed E-state index contributed by atoms with van der Waals surface area (Å²) in [6, 6.07) is 7.17. The normalized spacial score (nSPS) is 14.9. The number of likely N-dealkylation sites (tertiary alicyclic amines) is 1. The molecule has 8 heteroatoms. The number of benzene rings is 1. The molecule has 0 unspecified atom stereocenters. The van der Waals surface area contributed by atoms with Gasteiger partial charge in [0.2, 0.25) is 5.91 Å². The molecule has 0 aliphatic carbocycles. The van der Waals surface area contributed by atoms with E-state index in [0.29, 0.717) is 55.7 Å². The highest BCUT2D eigenvalue weighted by atomic mass is 16.6. The molecule has 1 aromatic heterocycles. The van der Waals surface area contributed by atoms with Crippen molar-refractivity contribution in [2.45, 2.75) is 38.6 Å². The Morgan fingerprint density at radius 3 is 2.78 bits per heavy atom. The zero-order valence-electron chi connectivity index (χ0n) is 15.4. The molecular weight excluding hydrogens is 348 g/mol. The number of fused-ring (bicyclic) bond motifs is 1. The number of para-hydroxylation sites is 1. The highest BCUT2D eigenvalue weighted by molar-refractivity contribution is 5.78. The van der Waals surface area contributed by atoms with Crippen LogP contribution in [0.2, 0.25) is 0 Å². The first-order chi connectivity index (χ1) is 13.1. The maximum atomic E-state index is 12.2. The fourth-order valence-corrected chi connectivity index (χ4v) is 3.21. The molecule has 1 aliphatic heterocycles. The molecule has 0 radical (unpaired) electrons. The van der Waals surface area contributed by atoms with Gasteiger partial charge in [-0.05, 0) is 31.9 Å². The van der Waals surface area contributed by atoms with Gasteiger partial charge in [0.15, 0.2) is 0 Å². The van der Waals surface area contributed by atoms with E-state index in [2.05, 4.69) is 15.3 Å². The van der Waals surface area contributed by atoms with Crippen LogP contribution in [-0.2, 0) is 16.0 Å². The monoisotopic (exact) mass is 372 g/mol. The number of aryl methyl sites for hydroxylation is 1.